The normalized spacial score (nSPS) is 20.0. The van der Waals surface area contributed by atoms with Gasteiger partial charge in [0.05, 0.1) is 4.91 Å². The Hall–Kier alpha value is -2.08. The lowest BCUT2D eigenvalue weighted by Crippen LogP contribution is -2.40. The Morgan fingerprint density at radius 3 is 2.65 bits per heavy atom. The van der Waals surface area contributed by atoms with Gasteiger partial charge in [-0.15, -0.1) is 0 Å². The molecule has 0 aromatic heterocycles. The van der Waals surface area contributed by atoms with Crippen LogP contribution in [-0.2, 0) is 9.59 Å². The van der Waals surface area contributed by atoms with Crippen LogP contribution >= 0.6 is 11.8 Å². The molecule has 2 aliphatic rings. The minimum atomic E-state index is -0.290. The highest BCUT2D eigenvalue weighted by molar-refractivity contribution is 8.18. The number of benzene rings is 1. The van der Waals surface area contributed by atoms with E-state index in [1.165, 1.54) is 4.90 Å². The third-order valence-corrected chi connectivity index (χ3v) is 4.99. The number of amides is 3. The van der Waals surface area contributed by atoms with E-state index in [2.05, 4.69) is 5.32 Å². The number of nitrogens with zero attached hydrogens (tertiary/aromatic N) is 1. The molecule has 1 aliphatic heterocycles. The van der Waals surface area contributed by atoms with Crippen molar-refractivity contribution in [2.75, 3.05) is 13.1 Å². The first-order valence-electron chi connectivity index (χ1n) is 7.73. The number of carbonyl (C=O) groups is 3. The van der Waals surface area contributed by atoms with Crippen LogP contribution in [0.4, 0.5) is 4.79 Å². The molecule has 1 aliphatic carbocycles. The summed E-state index contributed by atoms with van der Waals surface area (Å²) in [5, 5.41) is 2.52. The fourth-order valence-electron chi connectivity index (χ4n) is 2.50. The van der Waals surface area contributed by atoms with Gasteiger partial charge in [0.15, 0.2) is 0 Å². The van der Waals surface area contributed by atoms with Gasteiger partial charge >= 0.3 is 0 Å². The smallest absolute Gasteiger partial charge is 0.293 e. The maximum absolute atomic E-state index is 12.3. The zero-order valence-corrected chi connectivity index (χ0v) is 13.5. The van der Waals surface area contributed by atoms with Gasteiger partial charge in [0.25, 0.3) is 11.1 Å². The quantitative estimate of drug-likeness (QED) is 0.843. The molecule has 1 saturated carbocycles. The predicted octanol–water partition coefficient (Wildman–Crippen LogP) is 2.64. The van der Waals surface area contributed by atoms with Crippen LogP contribution < -0.4 is 5.32 Å². The van der Waals surface area contributed by atoms with Gasteiger partial charge in [0.1, 0.15) is 0 Å². The van der Waals surface area contributed by atoms with E-state index in [4.69, 9.17) is 0 Å². The van der Waals surface area contributed by atoms with Crippen LogP contribution in [0, 0.1) is 5.92 Å². The minimum Gasteiger partial charge on any atom is -0.354 e. The van der Waals surface area contributed by atoms with Crippen molar-refractivity contribution in [3.05, 3.63) is 40.8 Å². The van der Waals surface area contributed by atoms with Crippen molar-refractivity contribution in [2.45, 2.75) is 19.3 Å². The van der Waals surface area contributed by atoms with Crippen LogP contribution in [0.15, 0.2) is 35.2 Å². The van der Waals surface area contributed by atoms with Crippen LogP contribution in [0.1, 0.15) is 24.8 Å². The molecule has 3 rings (SSSR count). The Bertz CT molecular complexity index is 653. The highest BCUT2D eigenvalue weighted by Gasteiger charge is 2.34. The summed E-state index contributed by atoms with van der Waals surface area (Å²) in [5.41, 5.74) is 0.885. The summed E-state index contributed by atoms with van der Waals surface area (Å²) >= 11 is 0.943. The largest absolute Gasteiger partial charge is 0.354 e. The molecule has 0 atom stereocenters. The van der Waals surface area contributed by atoms with E-state index in [1.54, 1.807) is 6.08 Å². The molecule has 1 heterocycles. The number of rotatable bonds is 5. The molecule has 6 heteroatoms. The topological polar surface area (TPSA) is 66.5 Å². The summed E-state index contributed by atoms with van der Waals surface area (Å²) < 4.78 is 0. The van der Waals surface area contributed by atoms with Crippen molar-refractivity contribution in [1.29, 1.82) is 0 Å². The second kappa shape index (κ2) is 7.00. The number of imide groups is 1. The lowest BCUT2D eigenvalue weighted by Gasteiger charge is -2.24. The lowest BCUT2D eigenvalue weighted by molar-refractivity contribution is -0.128. The van der Waals surface area contributed by atoms with Gasteiger partial charge in [-0.3, -0.25) is 19.3 Å². The zero-order chi connectivity index (χ0) is 16.2. The molecule has 1 N–H and O–H groups in total. The van der Waals surface area contributed by atoms with Crippen LogP contribution in [0.2, 0.25) is 0 Å². The van der Waals surface area contributed by atoms with Gasteiger partial charge in [0.2, 0.25) is 5.91 Å². The van der Waals surface area contributed by atoms with E-state index in [0.29, 0.717) is 11.4 Å². The fraction of sp³-hybridized carbons (Fsp3) is 0.353. The van der Waals surface area contributed by atoms with Crippen molar-refractivity contribution < 1.29 is 14.4 Å². The first kappa shape index (κ1) is 15.8. The molecule has 0 spiro atoms. The first-order valence-corrected chi connectivity index (χ1v) is 8.55. The molecule has 5 nitrogen and oxygen atoms in total. The van der Waals surface area contributed by atoms with Crippen LogP contribution in [0.25, 0.3) is 6.08 Å². The van der Waals surface area contributed by atoms with E-state index >= 15 is 0 Å². The number of nitrogens with one attached hydrogen (secondary N) is 1. The molecule has 120 valence electrons. The molecule has 0 bridgehead atoms. The van der Waals surface area contributed by atoms with Gasteiger partial charge in [0, 0.05) is 19.0 Å². The summed E-state index contributed by atoms with van der Waals surface area (Å²) in [4.78, 5) is 37.6. The Morgan fingerprint density at radius 2 is 2.00 bits per heavy atom. The minimum absolute atomic E-state index is 0.0306. The molecule has 0 unspecified atom stereocenters. The Balaban J connectivity index is 1.56. The first-order chi connectivity index (χ1) is 11.1. The fourth-order valence-corrected chi connectivity index (χ4v) is 3.36. The predicted molar refractivity (Wildman–Crippen MR) is 89.5 cm³/mol. The Kier molecular flexibility index (Phi) is 4.81. The molecule has 2 fully saturated rings. The molecular formula is C17H18N2O3S. The van der Waals surface area contributed by atoms with E-state index in [0.717, 1.165) is 36.6 Å². The maximum Gasteiger partial charge on any atom is 0.293 e. The molecule has 23 heavy (non-hydrogen) atoms. The highest BCUT2D eigenvalue weighted by atomic mass is 32.2. The van der Waals surface area contributed by atoms with Gasteiger partial charge < -0.3 is 5.32 Å². The van der Waals surface area contributed by atoms with Crippen LogP contribution in [0.5, 0.6) is 0 Å². The van der Waals surface area contributed by atoms with Gasteiger partial charge in [-0.05, 0) is 36.2 Å². The average molecular weight is 330 g/mol. The Morgan fingerprint density at radius 1 is 1.26 bits per heavy atom. The van der Waals surface area contributed by atoms with Crippen molar-refractivity contribution in [1.82, 2.24) is 10.2 Å². The molecule has 1 aromatic rings. The standard InChI is InChI=1S/C17H18N2O3S/c20-15(13-7-4-8-13)18-9-10-19-16(21)14(23-17(19)22)11-12-5-2-1-3-6-12/h1-3,5-6,11,13H,4,7-10H2,(H,18,20)/b14-11+. The van der Waals surface area contributed by atoms with Gasteiger partial charge in [-0.1, -0.05) is 36.8 Å². The van der Waals surface area contributed by atoms with Crippen molar-refractivity contribution >= 4 is 34.9 Å². The van der Waals surface area contributed by atoms with E-state index in [1.807, 2.05) is 30.3 Å². The molecule has 1 aromatic carbocycles. The van der Waals surface area contributed by atoms with Crippen LogP contribution in [0.3, 0.4) is 0 Å². The SMILES string of the molecule is O=C(NCCN1C(=O)S/C(=C/c2ccccc2)C1=O)C1CCC1. The van der Waals surface area contributed by atoms with Crippen molar-refractivity contribution in [3.63, 3.8) is 0 Å². The second-order valence-corrected chi connectivity index (χ2v) is 6.66. The average Bonchev–Trinajstić information content (AvgIpc) is 2.74. The molecule has 0 radical (unpaired) electrons. The monoisotopic (exact) mass is 330 g/mol. The van der Waals surface area contributed by atoms with Crippen molar-refractivity contribution in [2.24, 2.45) is 5.92 Å². The van der Waals surface area contributed by atoms with Gasteiger partial charge in [-0.25, -0.2) is 0 Å². The van der Waals surface area contributed by atoms with Crippen molar-refractivity contribution in [3.8, 4) is 0 Å². The maximum atomic E-state index is 12.3. The number of carbonyl (C=O) groups excluding carboxylic acids is 3. The van der Waals surface area contributed by atoms with E-state index in [-0.39, 0.29) is 29.5 Å². The van der Waals surface area contributed by atoms with Crippen LogP contribution in [-0.4, -0.2) is 35.0 Å². The summed E-state index contributed by atoms with van der Waals surface area (Å²) in [7, 11) is 0. The summed E-state index contributed by atoms with van der Waals surface area (Å²) in [5.74, 6) is -0.146. The lowest BCUT2D eigenvalue weighted by atomic mass is 9.85. The number of hydrogen-bond donors (Lipinski definition) is 1. The van der Waals surface area contributed by atoms with Gasteiger partial charge in [-0.2, -0.15) is 0 Å². The number of thioether (sulfide) groups is 1. The van der Waals surface area contributed by atoms with E-state index in [9.17, 15) is 14.4 Å². The highest BCUT2D eigenvalue weighted by Crippen LogP contribution is 2.32. The third-order valence-electron chi connectivity index (χ3n) is 4.08. The zero-order valence-electron chi connectivity index (χ0n) is 12.7. The number of hydrogen-bond acceptors (Lipinski definition) is 4. The third kappa shape index (κ3) is 3.64. The molecular weight excluding hydrogens is 312 g/mol. The van der Waals surface area contributed by atoms with E-state index < -0.39 is 0 Å². The molecule has 3 amide bonds. The Labute approximate surface area is 139 Å². The summed E-state index contributed by atoms with van der Waals surface area (Å²) in [6.45, 7) is 0.529. The second-order valence-electron chi connectivity index (χ2n) is 5.66. The summed E-state index contributed by atoms with van der Waals surface area (Å²) in [6, 6.07) is 9.42. The molecule has 1 saturated heterocycles. The summed E-state index contributed by atoms with van der Waals surface area (Å²) in [6.07, 6.45) is 4.70.